The quantitative estimate of drug-likeness (QED) is 0.752. The van der Waals surface area contributed by atoms with E-state index >= 15 is 0 Å². The lowest BCUT2D eigenvalue weighted by Gasteiger charge is -1.93. The Morgan fingerprint density at radius 3 is 2.94 bits per heavy atom. The van der Waals surface area contributed by atoms with Crippen molar-refractivity contribution in [1.82, 2.24) is 24.9 Å². The minimum Gasteiger partial charge on any atom is -0.339 e. The van der Waals surface area contributed by atoms with E-state index in [4.69, 9.17) is 9.78 Å². The van der Waals surface area contributed by atoms with Gasteiger partial charge < -0.3 is 4.52 Å². The molecule has 0 saturated carbocycles. The van der Waals surface area contributed by atoms with Gasteiger partial charge in [0.1, 0.15) is 18.9 Å². The van der Waals surface area contributed by atoms with E-state index in [1.807, 2.05) is 19.9 Å². The molecular weight excluding hydrogens is 208 g/mol. The highest BCUT2D eigenvalue weighted by atomic mass is 16.5. The molecule has 0 spiro atoms. The maximum absolute atomic E-state index is 8.56. The zero-order chi connectivity index (χ0) is 11.5. The van der Waals surface area contributed by atoms with E-state index in [0.717, 1.165) is 0 Å². The third-order valence-corrected chi connectivity index (χ3v) is 1.92. The SMILES string of the molecule is CC(C)c1nc(Cn2cnc(C#N)n2)no1. The molecule has 0 unspecified atom stereocenters. The number of hydrogen-bond acceptors (Lipinski definition) is 6. The van der Waals surface area contributed by atoms with Crippen LogP contribution in [-0.2, 0) is 6.54 Å². The molecule has 82 valence electrons. The molecule has 2 rings (SSSR count). The van der Waals surface area contributed by atoms with Crippen LogP contribution in [0.2, 0.25) is 0 Å². The van der Waals surface area contributed by atoms with Crippen molar-refractivity contribution < 1.29 is 4.52 Å². The van der Waals surface area contributed by atoms with Gasteiger partial charge in [-0.1, -0.05) is 19.0 Å². The fourth-order valence-electron chi connectivity index (χ4n) is 1.13. The van der Waals surface area contributed by atoms with Gasteiger partial charge in [-0.25, -0.2) is 9.67 Å². The van der Waals surface area contributed by atoms with E-state index < -0.39 is 0 Å². The average Bonchev–Trinajstić information content (AvgIpc) is 2.87. The van der Waals surface area contributed by atoms with E-state index in [1.165, 1.54) is 11.0 Å². The third-order valence-electron chi connectivity index (χ3n) is 1.92. The zero-order valence-electron chi connectivity index (χ0n) is 8.95. The number of nitrogens with zero attached hydrogens (tertiary/aromatic N) is 6. The van der Waals surface area contributed by atoms with Gasteiger partial charge >= 0.3 is 0 Å². The van der Waals surface area contributed by atoms with Gasteiger partial charge in [0.2, 0.25) is 5.89 Å². The van der Waals surface area contributed by atoms with Gasteiger partial charge in [-0.3, -0.25) is 0 Å². The standard InChI is InChI=1S/C9H10N6O/c1-6(2)9-12-8(14-16-9)4-15-5-11-7(3-10)13-15/h5-6H,4H2,1-2H3. The monoisotopic (exact) mass is 218 g/mol. The first kappa shape index (κ1) is 10.3. The Kier molecular flexibility index (Phi) is 2.64. The first-order valence-corrected chi connectivity index (χ1v) is 4.81. The van der Waals surface area contributed by atoms with E-state index in [9.17, 15) is 0 Å². The number of nitriles is 1. The summed E-state index contributed by atoms with van der Waals surface area (Å²) in [4.78, 5) is 7.97. The first-order valence-electron chi connectivity index (χ1n) is 4.81. The second kappa shape index (κ2) is 4.10. The van der Waals surface area contributed by atoms with Gasteiger partial charge in [0.25, 0.3) is 5.82 Å². The van der Waals surface area contributed by atoms with Gasteiger partial charge in [0.15, 0.2) is 5.82 Å². The Morgan fingerprint density at radius 2 is 2.38 bits per heavy atom. The van der Waals surface area contributed by atoms with Crippen LogP contribution in [0.25, 0.3) is 0 Å². The highest BCUT2D eigenvalue weighted by molar-refractivity contribution is 5.05. The molecule has 0 aromatic carbocycles. The lowest BCUT2D eigenvalue weighted by atomic mass is 10.2. The van der Waals surface area contributed by atoms with Gasteiger partial charge in [-0.2, -0.15) is 10.2 Å². The molecule has 2 aromatic heterocycles. The molecule has 2 heterocycles. The van der Waals surface area contributed by atoms with Gasteiger partial charge in [-0.15, -0.1) is 5.10 Å². The van der Waals surface area contributed by atoms with Crippen LogP contribution in [0.5, 0.6) is 0 Å². The highest BCUT2D eigenvalue weighted by Gasteiger charge is 2.10. The van der Waals surface area contributed by atoms with Crippen LogP contribution < -0.4 is 0 Å². The van der Waals surface area contributed by atoms with Crippen molar-refractivity contribution in [3.05, 3.63) is 23.9 Å². The molecule has 0 atom stereocenters. The van der Waals surface area contributed by atoms with E-state index in [-0.39, 0.29) is 11.7 Å². The van der Waals surface area contributed by atoms with Crippen LogP contribution in [-0.4, -0.2) is 24.9 Å². The van der Waals surface area contributed by atoms with Gasteiger partial charge in [0, 0.05) is 5.92 Å². The van der Waals surface area contributed by atoms with Gasteiger partial charge in [-0.05, 0) is 0 Å². The fraction of sp³-hybridized carbons (Fsp3) is 0.444. The largest absolute Gasteiger partial charge is 0.339 e. The minimum atomic E-state index is 0.132. The van der Waals surface area contributed by atoms with Crippen LogP contribution in [0.1, 0.15) is 37.3 Å². The number of aromatic nitrogens is 5. The molecule has 2 aromatic rings. The fourth-order valence-corrected chi connectivity index (χ4v) is 1.13. The topological polar surface area (TPSA) is 93.4 Å². The predicted molar refractivity (Wildman–Crippen MR) is 52.2 cm³/mol. The van der Waals surface area contributed by atoms with Crippen molar-refractivity contribution in [3.8, 4) is 6.07 Å². The Morgan fingerprint density at radius 1 is 1.56 bits per heavy atom. The Balaban J connectivity index is 2.12. The van der Waals surface area contributed by atoms with E-state index in [2.05, 4.69) is 20.2 Å². The highest BCUT2D eigenvalue weighted by Crippen LogP contribution is 2.11. The molecule has 0 amide bonds. The summed E-state index contributed by atoms with van der Waals surface area (Å²) in [6.07, 6.45) is 1.46. The van der Waals surface area contributed by atoms with Crippen molar-refractivity contribution in [2.75, 3.05) is 0 Å². The molecule has 0 aliphatic rings. The summed E-state index contributed by atoms with van der Waals surface area (Å²) in [6.45, 7) is 4.30. The predicted octanol–water partition coefficient (Wildman–Crippen LogP) is 0.704. The Bertz CT molecular complexity index is 520. The Labute approximate surface area is 91.7 Å². The molecule has 7 heteroatoms. The van der Waals surface area contributed by atoms with Crippen molar-refractivity contribution >= 4 is 0 Å². The van der Waals surface area contributed by atoms with E-state index in [0.29, 0.717) is 18.3 Å². The van der Waals surface area contributed by atoms with Crippen molar-refractivity contribution in [2.24, 2.45) is 0 Å². The second-order valence-corrected chi connectivity index (χ2v) is 3.58. The second-order valence-electron chi connectivity index (χ2n) is 3.58. The summed E-state index contributed by atoms with van der Waals surface area (Å²) in [5, 5.41) is 16.3. The molecular formula is C9H10N6O. The lowest BCUT2D eigenvalue weighted by Crippen LogP contribution is -2.02. The summed E-state index contributed by atoms with van der Waals surface area (Å²) < 4.78 is 6.54. The summed E-state index contributed by atoms with van der Waals surface area (Å²) in [5.41, 5.74) is 0. The molecule has 0 aliphatic heterocycles. The zero-order valence-corrected chi connectivity index (χ0v) is 8.95. The molecule has 0 N–H and O–H groups in total. The number of hydrogen-bond donors (Lipinski definition) is 0. The first-order chi connectivity index (χ1) is 7.69. The molecule has 0 radical (unpaired) electrons. The number of rotatable bonds is 3. The van der Waals surface area contributed by atoms with Crippen LogP contribution >= 0.6 is 0 Å². The van der Waals surface area contributed by atoms with Crippen LogP contribution in [0.3, 0.4) is 0 Å². The molecule has 7 nitrogen and oxygen atoms in total. The molecule has 0 saturated heterocycles. The lowest BCUT2D eigenvalue weighted by molar-refractivity contribution is 0.359. The van der Waals surface area contributed by atoms with Crippen molar-refractivity contribution in [3.63, 3.8) is 0 Å². The van der Waals surface area contributed by atoms with Crippen LogP contribution in [0.15, 0.2) is 10.9 Å². The maximum Gasteiger partial charge on any atom is 0.252 e. The Hall–Kier alpha value is -2.23. The summed E-state index contributed by atoms with van der Waals surface area (Å²) in [5.74, 6) is 1.45. The third kappa shape index (κ3) is 2.06. The minimum absolute atomic E-state index is 0.132. The normalized spacial score (nSPS) is 10.6. The average molecular weight is 218 g/mol. The van der Waals surface area contributed by atoms with E-state index in [1.54, 1.807) is 0 Å². The van der Waals surface area contributed by atoms with Crippen LogP contribution in [0, 0.1) is 11.3 Å². The molecule has 16 heavy (non-hydrogen) atoms. The summed E-state index contributed by atoms with van der Waals surface area (Å²) in [7, 11) is 0. The molecule has 0 aliphatic carbocycles. The van der Waals surface area contributed by atoms with Crippen LogP contribution in [0.4, 0.5) is 0 Å². The summed E-state index contributed by atoms with van der Waals surface area (Å²) >= 11 is 0. The summed E-state index contributed by atoms with van der Waals surface area (Å²) in [6, 6.07) is 1.85. The van der Waals surface area contributed by atoms with Gasteiger partial charge in [0.05, 0.1) is 0 Å². The maximum atomic E-state index is 8.56. The molecule has 0 bridgehead atoms. The molecule has 0 fully saturated rings. The van der Waals surface area contributed by atoms with Crippen molar-refractivity contribution in [2.45, 2.75) is 26.3 Å². The van der Waals surface area contributed by atoms with Crippen molar-refractivity contribution in [1.29, 1.82) is 5.26 Å². The smallest absolute Gasteiger partial charge is 0.252 e.